The van der Waals surface area contributed by atoms with Gasteiger partial charge in [0.2, 0.25) is 5.88 Å². The summed E-state index contributed by atoms with van der Waals surface area (Å²) in [6.45, 7) is 0. The van der Waals surface area contributed by atoms with Crippen LogP contribution in [0.25, 0.3) is 0 Å². The minimum atomic E-state index is -1.11. The van der Waals surface area contributed by atoms with E-state index in [2.05, 4.69) is 15.1 Å². The second-order valence-electron chi connectivity index (χ2n) is 6.32. The van der Waals surface area contributed by atoms with E-state index < -0.39 is 23.4 Å². The van der Waals surface area contributed by atoms with E-state index >= 15 is 0 Å². The lowest BCUT2D eigenvalue weighted by Crippen LogP contribution is -2.40. The summed E-state index contributed by atoms with van der Waals surface area (Å²) in [5.41, 5.74) is -0.127. The Balaban J connectivity index is 1.75. The zero-order chi connectivity index (χ0) is 19.4. The molecule has 1 saturated carbocycles. The predicted octanol–water partition coefficient (Wildman–Crippen LogP) is 4.08. The van der Waals surface area contributed by atoms with E-state index in [4.69, 9.17) is 16.5 Å². The van der Waals surface area contributed by atoms with Gasteiger partial charge in [0.05, 0.1) is 6.20 Å². The van der Waals surface area contributed by atoms with Crippen molar-refractivity contribution in [2.75, 3.05) is 0 Å². The maximum Gasteiger partial charge on any atom is 0.257 e. The number of ether oxygens (including phenoxy) is 1. The molecular formula is C18H17ClF3N3O2. The molecule has 144 valence electrons. The van der Waals surface area contributed by atoms with Crippen molar-refractivity contribution in [3.63, 3.8) is 0 Å². The fraction of sp³-hybridized carbons (Fsp3) is 0.333. The van der Waals surface area contributed by atoms with Crippen molar-refractivity contribution in [1.82, 2.24) is 15.1 Å². The normalized spacial score (nSPS) is 19.6. The van der Waals surface area contributed by atoms with Gasteiger partial charge in [-0.2, -0.15) is 0 Å². The number of carbonyl (C=O) groups excluding carboxylic acids is 1. The van der Waals surface area contributed by atoms with Gasteiger partial charge in [0.1, 0.15) is 17.1 Å². The molecule has 1 aromatic heterocycles. The summed E-state index contributed by atoms with van der Waals surface area (Å²) in [7, 11) is 0. The van der Waals surface area contributed by atoms with Crippen molar-refractivity contribution in [3.8, 4) is 11.6 Å². The molecule has 2 aromatic rings. The molecule has 1 heterocycles. The number of halogens is 4. The number of nitrogens with zero attached hydrogens (tertiary/aromatic N) is 1. The molecule has 0 atom stereocenters. The fourth-order valence-corrected chi connectivity index (χ4v) is 3.15. The largest absolute Gasteiger partial charge is 0.438 e. The summed E-state index contributed by atoms with van der Waals surface area (Å²) in [6, 6.07) is 4.00. The van der Waals surface area contributed by atoms with Crippen LogP contribution in [0.1, 0.15) is 36.0 Å². The number of rotatable bonds is 5. The monoisotopic (exact) mass is 399 g/mol. The van der Waals surface area contributed by atoms with Gasteiger partial charge in [0.15, 0.2) is 11.6 Å². The van der Waals surface area contributed by atoms with Crippen LogP contribution < -0.4 is 14.9 Å². The van der Waals surface area contributed by atoms with Crippen LogP contribution in [0.3, 0.4) is 0 Å². The molecule has 1 fully saturated rings. The van der Waals surface area contributed by atoms with E-state index in [1.165, 1.54) is 6.07 Å². The van der Waals surface area contributed by atoms with Gasteiger partial charge >= 0.3 is 0 Å². The third-order valence-electron chi connectivity index (χ3n) is 4.38. The van der Waals surface area contributed by atoms with E-state index in [1.807, 2.05) is 0 Å². The number of amides is 1. The van der Waals surface area contributed by atoms with Gasteiger partial charge in [0.25, 0.3) is 5.91 Å². The Kier molecular flexibility index (Phi) is 6.18. The van der Waals surface area contributed by atoms with Crippen molar-refractivity contribution >= 4 is 17.7 Å². The van der Waals surface area contributed by atoms with Gasteiger partial charge in [-0.15, -0.1) is 0 Å². The maximum absolute atomic E-state index is 13.6. The van der Waals surface area contributed by atoms with Gasteiger partial charge in [0, 0.05) is 18.2 Å². The topological polar surface area (TPSA) is 63.2 Å². The summed E-state index contributed by atoms with van der Waals surface area (Å²) in [4.78, 5) is 19.0. The number of pyridine rings is 1. The highest BCUT2D eigenvalue weighted by atomic mass is 35.5. The number of hydrogen-bond donors (Lipinski definition) is 2. The van der Waals surface area contributed by atoms with Crippen molar-refractivity contribution in [2.24, 2.45) is 0 Å². The lowest BCUT2D eigenvalue weighted by atomic mass is 9.91. The summed E-state index contributed by atoms with van der Waals surface area (Å²) < 4.78 is 45.4. The second kappa shape index (κ2) is 8.58. The Morgan fingerprint density at radius 2 is 1.78 bits per heavy atom. The first kappa shape index (κ1) is 19.4. The molecule has 1 amide bonds. The zero-order valence-electron chi connectivity index (χ0n) is 14.1. The van der Waals surface area contributed by atoms with Crippen molar-refractivity contribution < 1.29 is 22.7 Å². The van der Waals surface area contributed by atoms with Gasteiger partial charge in [-0.1, -0.05) is 0 Å². The molecule has 1 aliphatic rings. The first-order valence-electron chi connectivity index (χ1n) is 8.41. The molecule has 5 nitrogen and oxygen atoms in total. The second-order valence-corrected chi connectivity index (χ2v) is 6.53. The van der Waals surface area contributed by atoms with Gasteiger partial charge < -0.3 is 10.1 Å². The molecule has 3 rings (SSSR count). The first-order chi connectivity index (χ1) is 13.0. The van der Waals surface area contributed by atoms with Crippen molar-refractivity contribution in [2.45, 2.75) is 37.8 Å². The lowest BCUT2D eigenvalue weighted by Gasteiger charge is -2.28. The van der Waals surface area contributed by atoms with E-state index in [0.29, 0.717) is 0 Å². The Bertz CT molecular complexity index is 829. The molecular weight excluding hydrogens is 383 g/mol. The molecule has 0 bridgehead atoms. The van der Waals surface area contributed by atoms with E-state index in [0.717, 1.165) is 50.1 Å². The number of nitrogens with one attached hydrogen (secondary N) is 2. The van der Waals surface area contributed by atoms with Crippen LogP contribution in [-0.2, 0) is 0 Å². The highest BCUT2D eigenvalue weighted by Gasteiger charge is 2.24. The summed E-state index contributed by atoms with van der Waals surface area (Å²) in [5.74, 6) is -3.67. The molecule has 1 aliphatic carbocycles. The molecule has 0 aliphatic heterocycles. The summed E-state index contributed by atoms with van der Waals surface area (Å²) in [6.07, 6.45) is 3.92. The molecule has 1 aromatic carbocycles. The number of benzene rings is 1. The molecule has 2 N–H and O–H groups in total. The molecule has 9 heteroatoms. The van der Waals surface area contributed by atoms with Crippen LogP contribution in [0.2, 0.25) is 0 Å². The Morgan fingerprint density at radius 1 is 1.07 bits per heavy atom. The summed E-state index contributed by atoms with van der Waals surface area (Å²) in [5, 5.41) is 2.82. The highest BCUT2D eigenvalue weighted by Crippen LogP contribution is 2.26. The lowest BCUT2D eigenvalue weighted by molar-refractivity contribution is 0.0921. The molecule has 0 radical (unpaired) electrons. The van der Waals surface area contributed by atoms with Crippen LogP contribution in [0.15, 0.2) is 30.5 Å². The average Bonchev–Trinajstić information content (AvgIpc) is 2.66. The molecule has 0 saturated heterocycles. The Morgan fingerprint density at radius 3 is 2.44 bits per heavy atom. The first-order valence-corrected chi connectivity index (χ1v) is 8.79. The zero-order valence-corrected chi connectivity index (χ0v) is 14.9. The van der Waals surface area contributed by atoms with Crippen LogP contribution >= 0.6 is 11.8 Å². The van der Waals surface area contributed by atoms with E-state index in [-0.39, 0.29) is 29.3 Å². The predicted molar refractivity (Wildman–Crippen MR) is 93.1 cm³/mol. The van der Waals surface area contributed by atoms with Crippen LogP contribution in [-0.4, -0.2) is 23.0 Å². The van der Waals surface area contributed by atoms with E-state index in [9.17, 15) is 18.0 Å². The van der Waals surface area contributed by atoms with Gasteiger partial charge in [-0.3, -0.25) is 4.79 Å². The Hall–Kier alpha value is -2.32. The fourth-order valence-electron chi connectivity index (χ4n) is 2.93. The third kappa shape index (κ3) is 4.90. The van der Waals surface area contributed by atoms with Crippen LogP contribution in [0.4, 0.5) is 13.2 Å². The smallest absolute Gasteiger partial charge is 0.257 e. The molecule has 0 spiro atoms. The highest BCUT2D eigenvalue weighted by molar-refractivity contribution is 6.13. The number of carbonyl (C=O) groups is 1. The maximum atomic E-state index is 13.6. The Labute approximate surface area is 159 Å². The van der Waals surface area contributed by atoms with Gasteiger partial charge in [-0.05, 0) is 55.7 Å². The number of aromatic nitrogens is 1. The van der Waals surface area contributed by atoms with Crippen LogP contribution in [0.5, 0.6) is 11.6 Å². The van der Waals surface area contributed by atoms with Crippen molar-refractivity contribution in [3.05, 3.63) is 53.5 Å². The summed E-state index contributed by atoms with van der Waals surface area (Å²) >= 11 is 5.61. The standard InChI is InChI=1S/C18H17ClF3N3O2/c19-25-12-3-1-11(2-4-12)24-17(26)14-7-10(20)9-23-18(14)27-13-5-6-15(21)16(22)8-13/h5-9,11-12,25H,1-4H2,(H,24,26). The van der Waals surface area contributed by atoms with Gasteiger partial charge in [-0.25, -0.2) is 23.0 Å². The van der Waals surface area contributed by atoms with Crippen molar-refractivity contribution in [1.29, 1.82) is 0 Å². The third-order valence-corrected chi connectivity index (χ3v) is 4.69. The van der Waals surface area contributed by atoms with E-state index in [1.54, 1.807) is 0 Å². The average molecular weight is 400 g/mol. The quantitative estimate of drug-likeness (QED) is 0.744. The minimum Gasteiger partial charge on any atom is -0.438 e. The molecule has 27 heavy (non-hydrogen) atoms. The number of hydrogen-bond acceptors (Lipinski definition) is 4. The molecule has 0 unspecified atom stereocenters. The minimum absolute atomic E-state index is 0.0595. The van der Waals surface area contributed by atoms with Crippen LogP contribution in [0, 0.1) is 17.5 Å². The SMILES string of the molecule is O=C(NC1CCC(NCl)CC1)c1cc(F)cnc1Oc1ccc(F)c(F)c1.